The number of carbonyl (C=O) groups is 1. The Hall–Kier alpha value is -1.97. The second kappa shape index (κ2) is 8.15. The normalized spacial score (nSPS) is 12.1. The fraction of sp³-hybridized carbons (Fsp3) is 0.167. The summed E-state index contributed by atoms with van der Waals surface area (Å²) >= 11 is 8.21. The number of nitrogens with one attached hydrogen (secondary N) is 2. The lowest BCUT2D eigenvalue weighted by Gasteiger charge is -2.17. The molecular formula is C18H16ClIN4O2. The van der Waals surface area contributed by atoms with E-state index in [9.17, 15) is 9.59 Å². The highest BCUT2D eigenvalue weighted by Gasteiger charge is 2.21. The van der Waals surface area contributed by atoms with E-state index in [1.165, 1.54) is 6.33 Å². The molecule has 134 valence electrons. The van der Waals surface area contributed by atoms with Crippen molar-refractivity contribution in [2.75, 3.05) is 11.9 Å². The van der Waals surface area contributed by atoms with Crippen LogP contribution in [-0.4, -0.2) is 22.4 Å². The topological polar surface area (TPSA) is 101 Å². The van der Waals surface area contributed by atoms with Crippen molar-refractivity contribution in [3.8, 4) is 0 Å². The minimum absolute atomic E-state index is 0.169. The largest absolute Gasteiger partial charge is 0.330 e. The quantitative estimate of drug-likeness (QED) is 0.486. The summed E-state index contributed by atoms with van der Waals surface area (Å²) in [6.45, 7) is 0.381. The first-order valence-corrected chi connectivity index (χ1v) is 9.38. The number of halogens is 2. The minimum atomic E-state index is -0.395. The van der Waals surface area contributed by atoms with E-state index < -0.39 is 5.92 Å². The number of H-pyrrole nitrogens is 1. The van der Waals surface area contributed by atoms with Gasteiger partial charge in [0.05, 0.1) is 28.2 Å². The van der Waals surface area contributed by atoms with E-state index in [1.807, 2.05) is 12.1 Å². The molecule has 1 heterocycles. The molecule has 0 bridgehead atoms. The first-order chi connectivity index (χ1) is 12.5. The third-order valence-corrected chi connectivity index (χ3v) is 5.57. The lowest BCUT2D eigenvalue weighted by Crippen LogP contribution is -2.23. The lowest BCUT2D eigenvalue weighted by atomic mass is 9.94. The standard InChI is InChI=1S/C18H16ClIN4O2/c19-14-4-1-10(7-15(14)20)12(5-6-21)18(26)24-11-2-3-13-16(8-11)22-9-23-17(13)25/h1-4,7-9,12H,5-6,21H2,(H,24,26)(H,22,23,25)/t12-/m0/s1. The number of carbonyl (C=O) groups excluding carboxylic acids is 1. The molecule has 1 atom stereocenters. The van der Waals surface area contributed by atoms with Gasteiger partial charge in [0.15, 0.2) is 0 Å². The number of nitrogens with zero attached hydrogens (tertiary/aromatic N) is 1. The van der Waals surface area contributed by atoms with Crippen LogP contribution in [0.25, 0.3) is 10.9 Å². The maximum absolute atomic E-state index is 12.8. The maximum Gasteiger partial charge on any atom is 0.258 e. The highest BCUT2D eigenvalue weighted by molar-refractivity contribution is 14.1. The third kappa shape index (κ3) is 4.05. The van der Waals surface area contributed by atoms with Crippen LogP contribution < -0.4 is 16.6 Å². The SMILES string of the molecule is NCC[C@H](C(=O)Nc1ccc2c(=O)[nH]cnc2c1)c1ccc(Cl)c(I)c1. The number of nitrogens with two attached hydrogens (primary N) is 1. The van der Waals surface area contributed by atoms with Crippen LogP contribution >= 0.6 is 34.2 Å². The van der Waals surface area contributed by atoms with Gasteiger partial charge in [0.2, 0.25) is 5.91 Å². The molecule has 3 rings (SSSR count). The Bertz CT molecular complexity index is 1020. The number of amides is 1. The molecule has 1 aromatic heterocycles. The van der Waals surface area contributed by atoms with Crippen LogP contribution in [0, 0.1) is 3.57 Å². The molecule has 4 N–H and O–H groups in total. The van der Waals surface area contributed by atoms with Crippen molar-refractivity contribution in [1.82, 2.24) is 9.97 Å². The fourth-order valence-corrected chi connectivity index (χ4v) is 3.38. The summed E-state index contributed by atoms with van der Waals surface area (Å²) in [5.74, 6) is -0.564. The van der Waals surface area contributed by atoms with Gasteiger partial charge in [-0.05, 0) is 71.5 Å². The molecule has 0 aliphatic heterocycles. The van der Waals surface area contributed by atoms with E-state index in [1.54, 1.807) is 24.3 Å². The number of aromatic nitrogens is 2. The Morgan fingerprint density at radius 2 is 2.12 bits per heavy atom. The van der Waals surface area contributed by atoms with E-state index >= 15 is 0 Å². The first-order valence-electron chi connectivity index (χ1n) is 7.93. The lowest BCUT2D eigenvalue weighted by molar-refractivity contribution is -0.117. The molecule has 0 saturated heterocycles. The van der Waals surface area contributed by atoms with Crippen molar-refractivity contribution < 1.29 is 4.79 Å². The van der Waals surface area contributed by atoms with Crippen LogP contribution in [0.15, 0.2) is 47.5 Å². The molecule has 2 aromatic carbocycles. The second-order valence-corrected chi connectivity index (χ2v) is 7.33. The Balaban J connectivity index is 1.88. The highest BCUT2D eigenvalue weighted by Crippen LogP contribution is 2.27. The summed E-state index contributed by atoms with van der Waals surface area (Å²) in [6.07, 6.45) is 1.85. The van der Waals surface area contributed by atoms with Crippen molar-refractivity contribution in [1.29, 1.82) is 0 Å². The third-order valence-electron chi connectivity index (χ3n) is 4.03. The Kier molecular flexibility index (Phi) is 5.90. The monoisotopic (exact) mass is 482 g/mol. The molecule has 0 spiro atoms. The molecule has 8 heteroatoms. The van der Waals surface area contributed by atoms with E-state index in [4.69, 9.17) is 17.3 Å². The number of hydrogen-bond acceptors (Lipinski definition) is 4. The fourth-order valence-electron chi connectivity index (χ4n) is 2.72. The molecule has 0 fully saturated rings. The number of fused-ring (bicyclic) bond motifs is 1. The maximum atomic E-state index is 12.8. The van der Waals surface area contributed by atoms with E-state index in [2.05, 4.69) is 37.9 Å². The number of aromatic amines is 1. The Morgan fingerprint density at radius 3 is 2.85 bits per heavy atom. The number of hydrogen-bond donors (Lipinski definition) is 3. The Labute approximate surface area is 168 Å². The molecule has 6 nitrogen and oxygen atoms in total. The Morgan fingerprint density at radius 1 is 1.31 bits per heavy atom. The molecule has 1 amide bonds. The van der Waals surface area contributed by atoms with Crippen LogP contribution in [0.4, 0.5) is 5.69 Å². The zero-order valence-electron chi connectivity index (χ0n) is 13.6. The summed E-state index contributed by atoms with van der Waals surface area (Å²) < 4.78 is 0.880. The van der Waals surface area contributed by atoms with E-state index in [0.717, 1.165) is 9.13 Å². The van der Waals surface area contributed by atoms with Gasteiger partial charge in [-0.2, -0.15) is 0 Å². The van der Waals surface area contributed by atoms with Gasteiger partial charge in [-0.1, -0.05) is 17.7 Å². The van der Waals surface area contributed by atoms with Gasteiger partial charge in [-0.15, -0.1) is 0 Å². The van der Waals surface area contributed by atoms with Gasteiger partial charge in [-0.3, -0.25) is 9.59 Å². The number of rotatable bonds is 5. The molecule has 0 radical (unpaired) electrons. The summed E-state index contributed by atoms with van der Waals surface area (Å²) in [7, 11) is 0. The summed E-state index contributed by atoms with van der Waals surface area (Å²) in [5.41, 5.74) is 7.43. The van der Waals surface area contributed by atoms with Gasteiger partial charge in [0.25, 0.3) is 5.56 Å². The second-order valence-electron chi connectivity index (χ2n) is 5.76. The molecule has 3 aromatic rings. The average molecular weight is 483 g/mol. The molecule has 0 aliphatic rings. The molecule has 0 unspecified atom stereocenters. The molecule has 0 saturated carbocycles. The van der Waals surface area contributed by atoms with Crippen molar-refractivity contribution >= 4 is 56.7 Å². The average Bonchev–Trinajstić information content (AvgIpc) is 2.62. The van der Waals surface area contributed by atoms with Crippen molar-refractivity contribution in [3.05, 3.63) is 67.2 Å². The van der Waals surface area contributed by atoms with Gasteiger partial charge >= 0.3 is 0 Å². The van der Waals surface area contributed by atoms with Gasteiger partial charge in [0.1, 0.15) is 0 Å². The minimum Gasteiger partial charge on any atom is -0.330 e. The number of benzene rings is 2. The van der Waals surface area contributed by atoms with Crippen molar-refractivity contribution in [2.45, 2.75) is 12.3 Å². The zero-order valence-corrected chi connectivity index (χ0v) is 16.5. The summed E-state index contributed by atoms with van der Waals surface area (Å²) in [6, 6.07) is 10.5. The molecular weight excluding hydrogens is 467 g/mol. The first kappa shape index (κ1) is 18.8. The van der Waals surface area contributed by atoms with Crippen LogP contribution in [0.1, 0.15) is 17.9 Å². The smallest absolute Gasteiger partial charge is 0.258 e. The van der Waals surface area contributed by atoms with Crippen molar-refractivity contribution in [2.24, 2.45) is 5.73 Å². The van der Waals surface area contributed by atoms with Crippen LogP contribution in [-0.2, 0) is 4.79 Å². The van der Waals surface area contributed by atoms with Crippen molar-refractivity contribution in [3.63, 3.8) is 0 Å². The van der Waals surface area contributed by atoms with Gasteiger partial charge in [-0.25, -0.2) is 4.98 Å². The van der Waals surface area contributed by atoms with E-state index in [0.29, 0.717) is 34.6 Å². The molecule has 26 heavy (non-hydrogen) atoms. The highest BCUT2D eigenvalue weighted by atomic mass is 127. The van der Waals surface area contributed by atoms with Gasteiger partial charge < -0.3 is 16.0 Å². The predicted molar refractivity (Wildman–Crippen MR) is 112 cm³/mol. The van der Waals surface area contributed by atoms with Crippen LogP contribution in [0.3, 0.4) is 0 Å². The van der Waals surface area contributed by atoms with Crippen LogP contribution in [0.5, 0.6) is 0 Å². The van der Waals surface area contributed by atoms with Gasteiger partial charge in [0, 0.05) is 9.26 Å². The van der Waals surface area contributed by atoms with Crippen LogP contribution in [0.2, 0.25) is 5.02 Å². The molecule has 0 aliphatic carbocycles. The summed E-state index contributed by atoms with van der Waals surface area (Å²) in [4.78, 5) is 31.2. The predicted octanol–water partition coefficient (Wildman–Crippen LogP) is 3.25. The number of anilines is 1. The van der Waals surface area contributed by atoms with E-state index in [-0.39, 0.29) is 11.5 Å². The zero-order chi connectivity index (χ0) is 18.7. The summed E-state index contributed by atoms with van der Waals surface area (Å²) in [5, 5.41) is 4.00.